The largest absolute Gasteiger partial charge is 0.103 e. The lowest BCUT2D eigenvalue weighted by Crippen LogP contribution is -1.90. The monoisotopic (exact) mass is 202 g/mol. The van der Waals surface area contributed by atoms with Gasteiger partial charge in [-0.05, 0) is 29.5 Å². The highest BCUT2D eigenvalue weighted by molar-refractivity contribution is 5.66. The summed E-state index contributed by atoms with van der Waals surface area (Å²) in [5.41, 5.74) is 3.81. The number of rotatable bonds is 4. The molecular formula is C15H22. The Labute approximate surface area is 94.3 Å². The van der Waals surface area contributed by atoms with E-state index in [1.54, 1.807) is 0 Å². The Hall–Kier alpha value is -1.30. The second-order valence-corrected chi connectivity index (χ2v) is 3.11. The molecule has 0 unspecified atom stereocenters. The fraction of sp³-hybridized carbons (Fsp3) is 0.333. The maximum atomic E-state index is 4.05. The summed E-state index contributed by atoms with van der Waals surface area (Å²) in [6, 6.07) is 8.39. The Balaban J connectivity index is 0.000000921. The van der Waals surface area contributed by atoms with Gasteiger partial charge >= 0.3 is 0 Å². The first kappa shape index (κ1) is 13.7. The lowest BCUT2D eigenvalue weighted by atomic mass is 9.97. The highest BCUT2D eigenvalue weighted by atomic mass is 14.1. The summed E-state index contributed by atoms with van der Waals surface area (Å²) in [5.74, 6) is 0. The topological polar surface area (TPSA) is 0 Å². The quantitative estimate of drug-likeness (QED) is 0.611. The van der Waals surface area contributed by atoms with Crippen molar-refractivity contribution in [3.8, 4) is 0 Å². The van der Waals surface area contributed by atoms with Crippen LogP contribution < -0.4 is 0 Å². The van der Waals surface area contributed by atoms with Crippen LogP contribution >= 0.6 is 0 Å². The lowest BCUT2D eigenvalue weighted by Gasteiger charge is -2.08. The highest BCUT2D eigenvalue weighted by Crippen LogP contribution is 2.20. The predicted octanol–water partition coefficient (Wildman–Crippen LogP) is 4.86. The molecule has 0 heterocycles. The molecule has 0 nitrogen and oxygen atoms in total. The third-order valence-electron chi connectivity index (χ3n) is 2.19. The standard InChI is InChI=1S/C13H16.C2H6/c1-4-8-12-9-6-7-10-13(12)11(3)5-2;1-2/h4,6-7,9-10H,1,3,5,8H2,2H3;1-2H3. The van der Waals surface area contributed by atoms with Crippen molar-refractivity contribution in [3.63, 3.8) is 0 Å². The van der Waals surface area contributed by atoms with E-state index in [1.807, 2.05) is 19.9 Å². The Morgan fingerprint density at radius 3 is 2.40 bits per heavy atom. The van der Waals surface area contributed by atoms with Gasteiger partial charge in [-0.25, -0.2) is 0 Å². The Kier molecular flexibility index (Phi) is 7.35. The SMILES string of the molecule is C=CCc1ccccc1C(=C)CC.CC. The van der Waals surface area contributed by atoms with Gasteiger partial charge in [0.15, 0.2) is 0 Å². The van der Waals surface area contributed by atoms with Crippen LogP contribution in [0.25, 0.3) is 5.57 Å². The third kappa shape index (κ3) is 4.16. The molecule has 0 saturated carbocycles. The Bertz CT molecular complexity index is 308. The minimum atomic E-state index is 0.926. The van der Waals surface area contributed by atoms with Gasteiger partial charge in [0.1, 0.15) is 0 Å². The molecule has 0 spiro atoms. The molecule has 0 saturated heterocycles. The van der Waals surface area contributed by atoms with Crippen LogP contribution in [-0.2, 0) is 6.42 Å². The highest BCUT2D eigenvalue weighted by Gasteiger charge is 2.01. The maximum Gasteiger partial charge on any atom is -0.00941 e. The number of hydrogen-bond donors (Lipinski definition) is 0. The molecule has 0 radical (unpaired) electrons. The number of allylic oxidation sites excluding steroid dienone is 2. The fourth-order valence-electron chi connectivity index (χ4n) is 1.39. The van der Waals surface area contributed by atoms with E-state index in [4.69, 9.17) is 0 Å². The molecular weight excluding hydrogens is 180 g/mol. The van der Waals surface area contributed by atoms with E-state index < -0.39 is 0 Å². The van der Waals surface area contributed by atoms with Crippen molar-refractivity contribution in [3.05, 3.63) is 54.6 Å². The van der Waals surface area contributed by atoms with Crippen molar-refractivity contribution >= 4 is 5.57 Å². The smallest absolute Gasteiger partial charge is 0.00941 e. The van der Waals surface area contributed by atoms with Crippen molar-refractivity contribution in [2.75, 3.05) is 0 Å². The molecule has 1 aromatic rings. The van der Waals surface area contributed by atoms with Gasteiger partial charge < -0.3 is 0 Å². The first-order valence-electron chi connectivity index (χ1n) is 5.66. The van der Waals surface area contributed by atoms with Crippen LogP contribution in [0.1, 0.15) is 38.3 Å². The average Bonchev–Trinajstić information content (AvgIpc) is 2.32. The van der Waals surface area contributed by atoms with Crippen LogP contribution in [0, 0.1) is 0 Å². The predicted molar refractivity (Wildman–Crippen MR) is 71.0 cm³/mol. The van der Waals surface area contributed by atoms with Crippen LogP contribution in [0.2, 0.25) is 0 Å². The molecule has 0 amide bonds. The van der Waals surface area contributed by atoms with Gasteiger partial charge in [-0.2, -0.15) is 0 Å². The second kappa shape index (κ2) is 8.05. The maximum absolute atomic E-state index is 4.05. The van der Waals surface area contributed by atoms with Crippen molar-refractivity contribution in [1.29, 1.82) is 0 Å². The zero-order valence-corrected chi connectivity index (χ0v) is 10.2. The van der Waals surface area contributed by atoms with E-state index >= 15 is 0 Å². The summed E-state index contributed by atoms with van der Waals surface area (Å²) >= 11 is 0. The second-order valence-electron chi connectivity index (χ2n) is 3.11. The van der Waals surface area contributed by atoms with Crippen molar-refractivity contribution in [1.82, 2.24) is 0 Å². The van der Waals surface area contributed by atoms with Crippen LogP contribution in [0.3, 0.4) is 0 Å². The summed E-state index contributed by atoms with van der Waals surface area (Å²) in [7, 11) is 0. The van der Waals surface area contributed by atoms with E-state index in [0.717, 1.165) is 12.8 Å². The van der Waals surface area contributed by atoms with Gasteiger partial charge in [-0.3, -0.25) is 0 Å². The fourth-order valence-corrected chi connectivity index (χ4v) is 1.39. The first-order valence-corrected chi connectivity index (χ1v) is 5.66. The van der Waals surface area contributed by atoms with Gasteiger partial charge in [0, 0.05) is 0 Å². The van der Waals surface area contributed by atoms with Gasteiger partial charge in [-0.1, -0.05) is 57.7 Å². The van der Waals surface area contributed by atoms with Crippen molar-refractivity contribution < 1.29 is 0 Å². The summed E-state index contributed by atoms with van der Waals surface area (Å²) < 4.78 is 0. The summed E-state index contributed by atoms with van der Waals surface area (Å²) in [6.07, 6.45) is 3.87. The van der Waals surface area contributed by atoms with Gasteiger partial charge in [-0.15, -0.1) is 6.58 Å². The molecule has 0 aliphatic carbocycles. The van der Waals surface area contributed by atoms with Gasteiger partial charge in [0.25, 0.3) is 0 Å². The van der Waals surface area contributed by atoms with Crippen LogP contribution in [0.15, 0.2) is 43.5 Å². The molecule has 82 valence electrons. The third-order valence-corrected chi connectivity index (χ3v) is 2.19. The average molecular weight is 202 g/mol. The molecule has 0 heteroatoms. The Morgan fingerprint density at radius 2 is 1.87 bits per heavy atom. The van der Waals surface area contributed by atoms with Crippen LogP contribution in [0.5, 0.6) is 0 Å². The molecule has 0 fully saturated rings. The van der Waals surface area contributed by atoms with Crippen molar-refractivity contribution in [2.45, 2.75) is 33.6 Å². The minimum absolute atomic E-state index is 0.926. The molecule has 0 aliphatic heterocycles. The van der Waals surface area contributed by atoms with E-state index in [-0.39, 0.29) is 0 Å². The van der Waals surface area contributed by atoms with E-state index in [2.05, 4.69) is 44.3 Å². The van der Waals surface area contributed by atoms with Crippen LogP contribution in [-0.4, -0.2) is 0 Å². The molecule has 0 aromatic heterocycles. The molecule has 0 N–H and O–H groups in total. The normalized spacial score (nSPS) is 8.73. The zero-order valence-electron chi connectivity index (χ0n) is 10.2. The van der Waals surface area contributed by atoms with E-state index in [9.17, 15) is 0 Å². The summed E-state index contributed by atoms with van der Waals surface area (Å²) in [5, 5.41) is 0. The molecule has 1 aromatic carbocycles. The molecule has 1 rings (SSSR count). The zero-order chi connectivity index (χ0) is 11.7. The first-order chi connectivity index (χ1) is 7.29. The number of hydrogen-bond acceptors (Lipinski definition) is 0. The molecule has 0 atom stereocenters. The van der Waals surface area contributed by atoms with Crippen LogP contribution in [0.4, 0.5) is 0 Å². The van der Waals surface area contributed by atoms with Gasteiger partial charge in [0.2, 0.25) is 0 Å². The van der Waals surface area contributed by atoms with E-state index in [0.29, 0.717) is 0 Å². The lowest BCUT2D eigenvalue weighted by molar-refractivity contribution is 1.20. The number of benzene rings is 1. The van der Waals surface area contributed by atoms with Crippen molar-refractivity contribution in [2.24, 2.45) is 0 Å². The minimum Gasteiger partial charge on any atom is -0.103 e. The summed E-state index contributed by atoms with van der Waals surface area (Å²) in [4.78, 5) is 0. The molecule has 0 bridgehead atoms. The molecule has 0 aliphatic rings. The van der Waals surface area contributed by atoms with E-state index in [1.165, 1.54) is 16.7 Å². The Morgan fingerprint density at radius 1 is 1.27 bits per heavy atom. The van der Waals surface area contributed by atoms with Gasteiger partial charge in [0.05, 0.1) is 0 Å². The summed E-state index contributed by atoms with van der Waals surface area (Å²) in [6.45, 7) is 13.9. The molecule has 15 heavy (non-hydrogen) atoms.